The zero-order valence-electron chi connectivity index (χ0n) is 11.9. The highest BCUT2D eigenvalue weighted by Gasteiger charge is 2.12. The topological polar surface area (TPSA) is 38.7 Å². The van der Waals surface area contributed by atoms with Crippen molar-refractivity contribution in [3.63, 3.8) is 0 Å². The molecule has 1 aliphatic rings. The Morgan fingerprint density at radius 3 is 2.70 bits per heavy atom. The van der Waals surface area contributed by atoms with E-state index < -0.39 is 0 Å². The molecule has 20 heavy (non-hydrogen) atoms. The molecule has 1 aliphatic heterocycles. The number of nitrogens with zero attached hydrogens (tertiary/aromatic N) is 1. The number of ether oxygens (including phenoxy) is 1. The molecule has 2 atom stereocenters. The number of hydrogen-bond acceptors (Lipinski definition) is 3. The van der Waals surface area contributed by atoms with Gasteiger partial charge < -0.3 is 4.74 Å². The van der Waals surface area contributed by atoms with Crippen LogP contribution in [-0.2, 0) is 4.79 Å². The summed E-state index contributed by atoms with van der Waals surface area (Å²) in [4.78, 5) is 15.6. The molecule has 3 nitrogen and oxygen atoms in total. The minimum Gasteiger partial charge on any atom is -0.425 e. The van der Waals surface area contributed by atoms with Crippen molar-refractivity contribution >= 4 is 11.7 Å². The Kier molecular flexibility index (Phi) is 4.37. The third-order valence-electron chi connectivity index (χ3n) is 3.13. The van der Waals surface area contributed by atoms with Gasteiger partial charge in [-0.25, -0.2) is 0 Å². The van der Waals surface area contributed by atoms with E-state index in [2.05, 4.69) is 36.8 Å². The Morgan fingerprint density at radius 2 is 2.00 bits per heavy atom. The summed E-state index contributed by atoms with van der Waals surface area (Å²) in [5.74, 6) is 6.61. The zero-order valence-corrected chi connectivity index (χ0v) is 11.9. The molecule has 2 rings (SSSR count). The Labute approximate surface area is 119 Å². The molecule has 0 saturated heterocycles. The van der Waals surface area contributed by atoms with Gasteiger partial charge in [0.2, 0.25) is 0 Å². The lowest BCUT2D eigenvalue weighted by Crippen LogP contribution is -2.15. The van der Waals surface area contributed by atoms with E-state index in [1.807, 2.05) is 24.3 Å². The summed E-state index contributed by atoms with van der Waals surface area (Å²) in [6, 6.07) is 7.47. The SMILES string of the molecule is CC(=O)Oc1ccccc1C#CC1=NC(C)C(C)C=C1. The van der Waals surface area contributed by atoms with Gasteiger partial charge >= 0.3 is 5.97 Å². The first kappa shape index (κ1) is 14.1. The maximum absolute atomic E-state index is 11.0. The van der Waals surface area contributed by atoms with Crippen molar-refractivity contribution in [2.75, 3.05) is 0 Å². The lowest BCUT2D eigenvalue weighted by atomic mass is 10.00. The predicted octanol–water partition coefficient (Wildman–Crippen LogP) is 3.00. The largest absolute Gasteiger partial charge is 0.425 e. The van der Waals surface area contributed by atoms with Crippen LogP contribution in [0.15, 0.2) is 41.4 Å². The minimum absolute atomic E-state index is 0.244. The Hall–Kier alpha value is -2.34. The standard InChI is InChI=1S/C17H17NO2/c1-12-8-10-16(18-13(12)2)11-9-15-6-4-5-7-17(15)20-14(3)19/h4-8,10,12-13H,1-3H3. The van der Waals surface area contributed by atoms with Gasteiger partial charge in [0, 0.05) is 6.92 Å². The Morgan fingerprint density at radius 1 is 1.25 bits per heavy atom. The van der Waals surface area contributed by atoms with Gasteiger partial charge in [0.05, 0.1) is 11.6 Å². The van der Waals surface area contributed by atoms with Crippen molar-refractivity contribution in [2.45, 2.75) is 26.8 Å². The zero-order chi connectivity index (χ0) is 14.5. The minimum atomic E-state index is -0.350. The molecular weight excluding hydrogens is 250 g/mol. The van der Waals surface area contributed by atoms with E-state index in [9.17, 15) is 4.79 Å². The molecule has 2 unspecified atom stereocenters. The van der Waals surface area contributed by atoms with Crippen molar-refractivity contribution in [1.82, 2.24) is 0 Å². The summed E-state index contributed by atoms with van der Waals surface area (Å²) in [5.41, 5.74) is 1.44. The maximum atomic E-state index is 11.0. The number of rotatable bonds is 1. The fourth-order valence-corrected chi connectivity index (χ4v) is 1.80. The van der Waals surface area contributed by atoms with Gasteiger partial charge in [-0.2, -0.15) is 0 Å². The van der Waals surface area contributed by atoms with Crippen LogP contribution in [0.2, 0.25) is 0 Å². The normalized spacial score (nSPS) is 20.6. The van der Waals surface area contributed by atoms with Crippen LogP contribution >= 0.6 is 0 Å². The highest BCUT2D eigenvalue weighted by atomic mass is 16.5. The summed E-state index contributed by atoms with van der Waals surface area (Å²) in [7, 11) is 0. The average molecular weight is 267 g/mol. The molecule has 0 aliphatic carbocycles. The maximum Gasteiger partial charge on any atom is 0.308 e. The third kappa shape index (κ3) is 3.58. The number of para-hydroxylation sites is 1. The number of benzene rings is 1. The number of allylic oxidation sites excluding steroid dienone is 1. The highest BCUT2D eigenvalue weighted by Crippen LogP contribution is 2.17. The second-order valence-electron chi connectivity index (χ2n) is 4.81. The van der Waals surface area contributed by atoms with Crippen molar-refractivity contribution < 1.29 is 9.53 Å². The summed E-state index contributed by atoms with van der Waals surface area (Å²) >= 11 is 0. The van der Waals surface area contributed by atoms with Crippen molar-refractivity contribution in [1.29, 1.82) is 0 Å². The lowest BCUT2D eigenvalue weighted by Gasteiger charge is -2.15. The fourth-order valence-electron chi connectivity index (χ4n) is 1.80. The van der Waals surface area contributed by atoms with Crippen molar-refractivity contribution in [3.05, 3.63) is 42.0 Å². The van der Waals surface area contributed by atoms with E-state index in [1.165, 1.54) is 6.92 Å². The summed E-state index contributed by atoms with van der Waals surface area (Å²) < 4.78 is 5.12. The van der Waals surface area contributed by atoms with Gasteiger partial charge in [-0.15, -0.1) is 0 Å². The second kappa shape index (κ2) is 6.21. The third-order valence-corrected chi connectivity index (χ3v) is 3.13. The van der Waals surface area contributed by atoms with Crippen LogP contribution < -0.4 is 4.74 Å². The van der Waals surface area contributed by atoms with Gasteiger partial charge in [0.15, 0.2) is 0 Å². The molecule has 0 N–H and O–H groups in total. The van der Waals surface area contributed by atoms with Crippen LogP contribution in [0.25, 0.3) is 0 Å². The van der Waals surface area contributed by atoms with Crippen LogP contribution in [0.3, 0.4) is 0 Å². The fraction of sp³-hybridized carbons (Fsp3) is 0.294. The van der Waals surface area contributed by atoms with E-state index in [1.54, 1.807) is 6.07 Å². The average Bonchev–Trinajstić information content (AvgIpc) is 2.41. The number of hydrogen-bond donors (Lipinski definition) is 0. The molecule has 1 aromatic rings. The molecule has 0 aromatic heterocycles. The van der Waals surface area contributed by atoms with Crippen molar-refractivity contribution in [3.8, 4) is 17.6 Å². The first-order valence-corrected chi connectivity index (χ1v) is 6.61. The molecule has 0 saturated carbocycles. The predicted molar refractivity (Wildman–Crippen MR) is 79.8 cm³/mol. The summed E-state index contributed by atoms with van der Waals surface area (Å²) in [6.45, 7) is 5.58. The van der Waals surface area contributed by atoms with Crippen LogP contribution in [0.1, 0.15) is 26.3 Å². The molecule has 0 radical (unpaired) electrons. The van der Waals surface area contributed by atoms with Crippen LogP contribution in [0.5, 0.6) is 5.75 Å². The molecule has 0 amide bonds. The van der Waals surface area contributed by atoms with Crippen LogP contribution in [0.4, 0.5) is 0 Å². The van der Waals surface area contributed by atoms with E-state index in [-0.39, 0.29) is 12.0 Å². The first-order valence-electron chi connectivity index (χ1n) is 6.61. The van der Waals surface area contributed by atoms with Gasteiger partial charge in [-0.05, 0) is 37.0 Å². The highest BCUT2D eigenvalue weighted by molar-refractivity contribution is 6.09. The van der Waals surface area contributed by atoms with E-state index in [0.717, 1.165) is 5.71 Å². The quantitative estimate of drug-likeness (QED) is 0.446. The van der Waals surface area contributed by atoms with Gasteiger partial charge in [-0.1, -0.05) is 31.1 Å². The van der Waals surface area contributed by atoms with E-state index in [0.29, 0.717) is 17.2 Å². The molecule has 102 valence electrons. The summed E-state index contributed by atoms with van der Waals surface area (Å²) in [6.07, 6.45) is 4.05. The lowest BCUT2D eigenvalue weighted by molar-refractivity contribution is -0.131. The molecule has 0 fully saturated rings. The molecular formula is C17H17NO2. The monoisotopic (exact) mass is 267 g/mol. The molecule has 0 bridgehead atoms. The summed E-state index contributed by atoms with van der Waals surface area (Å²) in [5, 5.41) is 0. The number of carbonyl (C=O) groups excluding carboxylic acids is 1. The Bertz CT molecular complexity index is 632. The van der Waals surface area contributed by atoms with E-state index in [4.69, 9.17) is 4.74 Å². The van der Waals surface area contributed by atoms with Crippen molar-refractivity contribution in [2.24, 2.45) is 10.9 Å². The molecule has 1 aromatic carbocycles. The van der Waals surface area contributed by atoms with Crippen LogP contribution in [-0.4, -0.2) is 17.7 Å². The van der Waals surface area contributed by atoms with Crippen LogP contribution in [0, 0.1) is 17.8 Å². The molecule has 0 spiro atoms. The van der Waals surface area contributed by atoms with E-state index >= 15 is 0 Å². The molecule has 3 heteroatoms. The number of esters is 1. The number of carbonyl (C=O) groups is 1. The molecule has 1 heterocycles. The van der Waals surface area contributed by atoms with Gasteiger partial charge in [0.1, 0.15) is 11.5 Å². The number of aliphatic imine (C=N–C) groups is 1. The van der Waals surface area contributed by atoms with Gasteiger partial charge in [-0.3, -0.25) is 9.79 Å². The van der Waals surface area contributed by atoms with Gasteiger partial charge in [0.25, 0.3) is 0 Å². The Balaban J connectivity index is 2.24. The smallest absolute Gasteiger partial charge is 0.308 e. The first-order chi connectivity index (χ1) is 9.56. The number of dihydropyridines is 1. The second-order valence-corrected chi connectivity index (χ2v) is 4.81.